The summed E-state index contributed by atoms with van der Waals surface area (Å²) < 4.78 is 29.6. The summed E-state index contributed by atoms with van der Waals surface area (Å²) >= 11 is 0. The van der Waals surface area contributed by atoms with E-state index in [1.165, 1.54) is 0 Å². The lowest BCUT2D eigenvalue weighted by atomic mass is 9.44. The summed E-state index contributed by atoms with van der Waals surface area (Å²) in [5, 5.41) is 21.2. The molecule has 0 aromatic rings. The first-order valence-electron chi connectivity index (χ1n) is 11.5. The number of hydrogen-bond donors (Lipinski definition) is 2. The van der Waals surface area contributed by atoms with Crippen molar-refractivity contribution in [2.45, 2.75) is 95.5 Å². The topological polar surface area (TPSA) is 93.1 Å². The molecule has 0 spiro atoms. The van der Waals surface area contributed by atoms with Gasteiger partial charge in [-0.25, -0.2) is 4.39 Å². The van der Waals surface area contributed by atoms with Crippen LogP contribution in [0.3, 0.4) is 0 Å². The quantitative estimate of drug-likeness (QED) is 0.691. The third-order valence-electron chi connectivity index (χ3n) is 9.59. The van der Waals surface area contributed by atoms with Crippen molar-refractivity contribution < 1.29 is 33.7 Å². The highest BCUT2D eigenvalue weighted by Crippen LogP contribution is 2.72. The number of carbonyl (C=O) groups excluding carboxylic acids is 2. The number of ketones is 2. The number of rotatable bonds is 2. The molecule has 8 atom stereocenters. The van der Waals surface area contributed by atoms with Crippen molar-refractivity contribution >= 4 is 11.6 Å². The summed E-state index contributed by atoms with van der Waals surface area (Å²) in [5.74, 6) is -2.17. The van der Waals surface area contributed by atoms with E-state index in [1.54, 1.807) is 19.9 Å². The number of carbonyl (C=O) groups is 2. The van der Waals surface area contributed by atoms with Crippen LogP contribution in [0, 0.1) is 22.7 Å². The first-order chi connectivity index (χ1) is 14.4. The third-order valence-corrected chi connectivity index (χ3v) is 9.59. The molecular weight excluding hydrogens is 403 g/mol. The standard InChI is InChI=1S/C24H33FO6/c1-20(2)30-19-10-16-15-6-5-13-9-14(27)7-8-21(13,3)23(15,25)17(28)11-22(16,4)24(19,31-20)18(29)12-26/h9,15-17,19,26,28H,5-8,10-12H2,1-4H3/t15-,16-,17-,19+,21-,22-,23+,24+/m0/s1. The summed E-state index contributed by atoms with van der Waals surface area (Å²) in [7, 11) is 0. The number of Topliss-reactive ketones (excluding diaryl/α,β-unsaturated/α-hetero) is 1. The second kappa shape index (κ2) is 6.25. The van der Waals surface area contributed by atoms with Gasteiger partial charge in [0, 0.05) is 23.2 Å². The Morgan fingerprint density at radius 2 is 1.94 bits per heavy atom. The van der Waals surface area contributed by atoms with Crippen LogP contribution in [0.4, 0.5) is 4.39 Å². The Morgan fingerprint density at radius 3 is 2.61 bits per heavy atom. The molecule has 6 nitrogen and oxygen atoms in total. The maximum atomic E-state index is 17.2. The Kier molecular flexibility index (Phi) is 4.37. The minimum absolute atomic E-state index is 0.0246. The van der Waals surface area contributed by atoms with Crippen LogP contribution in [0.25, 0.3) is 0 Å². The fourth-order valence-corrected chi connectivity index (χ4v) is 8.29. The lowest BCUT2D eigenvalue weighted by Crippen LogP contribution is -2.70. The van der Waals surface area contributed by atoms with Crippen LogP contribution in [0.1, 0.15) is 66.2 Å². The summed E-state index contributed by atoms with van der Waals surface area (Å²) in [4.78, 5) is 25.2. The van der Waals surface area contributed by atoms with E-state index in [1.807, 2.05) is 13.8 Å². The highest BCUT2D eigenvalue weighted by molar-refractivity contribution is 5.92. The van der Waals surface area contributed by atoms with E-state index in [-0.39, 0.29) is 24.5 Å². The Morgan fingerprint density at radius 1 is 1.23 bits per heavy atom. The fraction of sp³-hybridized carbons (Fsp3) is 0.833. The molecule has 0 aromatic carbocycles. The smallest absolute Gasteiger partial charge is 0.193 e. The molecule has 2 N–H and O–H groups in total. The zero-order valence-corrected chi connectivity index (χ0v) is 18.7. The third kappa shape index (κ3) is 2.36. The lowest BCUT2D eigenvalue weighted by molar-refractivity contribution is -0.251. The van der Waals surface area contributed by atoms with Gasteiger partial charge in [-0.05, 0) is 57.9 Å². The van der Waals surface area contributed by atoms with E-state index in [0.717, 1.165) is 5.57 Å². The van der Waals surface area contributed by atoms with Gasteiger partial charge < -0.3 is 19.7 Å². The minimum atomic E-state index is -1.89. The number of allylic oxidation sites excluding steroid dienone is 1. The van der Waals surface area contributed by atoms with Gasteiger partial charge in [0.05, 0.1) is 12.2 Å². The molecule has 0 aromatic heterocycles. The monoisotopic (exact) mass is 436 g/mol. The first-order valence-corrected chi connectivity index (χ1v) is 11.5. The predicted molar refractivity (Wildman–Crippen MR) is 109 cm³/mol. The van der Waals surface area contributed by atoms with Gasteiger partial charge in [-0.15, -0.1) is 0 Å². The Balaban J connectivity index is 1.63. The molecule has 1 heterocycles. The Labute approximate surface area is 182 Å². The van der Waals surface area contributed by atoms with Crippen LogP contribution >= 0.6 is 0 Å². The van der Waals surface area contributed by atoms with Gasteiger partial charge in [-0.3, -0.25) is 9.59 Å². The highest BCUT2D eigenvalue weighted by Gasteiger charge is 2.80. The van der Waals surface area contributed by atoms with Crippen LogP contribution in [0.15, 0.2) is 11.6 Å². The summed E-state index contributed by atoms with van der Waals surface area (Å²) in [5.41, 5.74) is -4.26. The number of aliphatic hydroxyl groups is 2. The van der Waals surface area contributed by atoms with Crippen molar-refractivity contribution in [3.63, 3.8) is 0 Å². The average molecular weight is 437 g/mol. The molecule has 3 saturated carbocycles. The molecule has 31 heavy (non-hydrogen) atoms. The Bertz CT molecular complexity index is 883. The second-order valence-corrected chi connectivity index (χ2v) is 11.3. The van der Waals surface area contributed by atoms with Gasteiger partial charge >= 0.3 is 0 Å². The van der Waals surface area contributed by atoms with Crippen molar-refractivity contribution in [2.75, 3.05) is 6.61 Å². The molecule has 7 heteroatoms. The van der Waals surface area contributed by atoms with E-state index in [2.05, 4.69) is 0 Å². The molecule has 1 saturated heterocycles. The number of hydrogen-bond acceptors (Lipinski definition) is 6. The highest BCUT2D eigenvalue weighted by atomic mass is 19.1. The molecule has 0 radical (unpaired) electrons. The minimum Gasteiger partial charge on any atom is -0.390 e. The maximum Gasteiger partial charge on any atom is 0.193 e. The number of alkyl halides is 1. The van der Waals surface area contributed by atoms with Crippen molar-refractivity contribution in [1.82, 2.24) is 0 Å². The zero-order chi connectivity index (χ0) is 22.6. The second-order valence-electron chi connectivity index (χ2n) is 11.3. The van der Waals surface area contributed by atoms with E-state index in [9.17, 15) is 19.8 Å². The molecule has 5 aliphatic rings. The van der Waals surface area contributed by atoms with E-state index >= 15 is 4.39 Å². The summed E-state index contributed by atoms with van der Waals surface area (Å²) in [6, 6.07) is 0. The molecular formula is C24H33FO6. The number of halogens is 1. The number of fused-ring (bicyclic) bond motifs is 7. The SMILES string of the molecule is CC1(C)O[C@@H]2C[C@H]3[C@@H]4CCC5=CC(=O)CC[C@]5(C)[C@]4(F)[C@@H](O)C[C@]3(C)[C@]2(C(=O)CO)O1. The normalized spacial score (nSPS) is 52.6. The van der Waals surface area contributed by atoms with E-state index in [4.69, 9.17) is 9.47 Å². The van der Waals surface area contributed by atoms with Crippen LogP contribution in [-0.4, -0.2) is 57.7 Å². The number of aliphatic hydroxyl groups excluding tert-OH is 2. The van der Waals surface area contributed by atoms with Gasteiger partial charge in [0.25, 0.3) is 0 Å². The van der Waals surface area contributed by atoms with Crippen LogP contribution in [-0.2, 0) is 19.1 Å². The molecule has 4 fully saturated rings. The van der Waals surface area contributed by atoms with Gasteiger partial charge in [-0.2, -0.15) is 0 Å². The molecule has 4 aliphatic carbocycles. The van der Waals surface area contributed by atoms with E-state index < -0.39 is 58.4 Å². The molecule has 0 amide bonds. The molecule has 0 unspecified atom stereocenters. The zero-order valence-electron chi connectivity index (χ0n) is 18.7. The largest absolute Gasteiger partial charge is 0.390 e. The van der Waals surface area contributed by atoms with Crippen LogP contribution in [0.5, 0.6) is 0 Å². The van der Waals surface area contributed by atoms with Crippen molar-refractivity contribution in [3.8, 4) is 0 Å². The number of ether oxygens (including phenoxy) is 2. The lowest BCUT2D eigenvalue weighted by Gasteiger charge is -2.63. The molecule has 1 aliphatic heterocycles. The van der Waals surface area contributed by atoms with Gasteiger partial charge in [-0.1, -0.05) is 19.4 Å². The van der Waals surface area contributed by atoms with Crippen molar-refractivity contribution in [3.05, 3.63) is 11.6 Å². The molecule has 5 rings (SSSR count). The van der Waals surface area contributed by atoms with Crippen LogP contribution in [0.2, 0.25) is 0 Å². The predicted octanol–water partition coefficient (Wildman–Crippen LogP) is 2.64. The summed E-state index contributed by atoms with van der Waals surface area (Å²) in [6.07, 6.45) is 1.96. The average Bonchev–Trinajstić information content (AvgIpc) is 3.09. The van der Waals surface area contributed by atoms with E-state index in [0.29, 0.717) is 25.7 Å². The summed E-state index contributed by atoms with van der Waals surface area (Å²) in [6.45, 7) is 6.55. The Hall–Kier alpha value is -1.15. The van der Waals surface area contributed by atoms with Gasteiger partial charge in [0.15, 0.2) is 23.0 Å². The van der Waals surface area contributed by atoms with Gasteiger partial charge in [0.1, 0.15) is 12.3 Å². The molecule has 172 valence electrons. The van der Waals surface area contributed by atoms with Crippen LogP contribution < -0.4 is 0 Å². The van der Waals surface area contributed by atoms with Gasteiger partial charge in [0.2, 0.25) is 0 Å². The van der Waals surface area contributed by atoms with Crippen molar-refractivity contribution in [2.24, 2.45) is 22.7 Å². The maximum absolute atomic E-state index is 17.2. The fourth-order valence-electron chi connectivity index (χ4n) is 8.29. The molecule has 0 bridgehead atoms. The van der Waals surface area contributed by atoms with Crippen molar-refractivity contribution in [1.29, 1.82) is 0 Å². The first kappa shape index (κ1) is 21.7.